The van der Waals surface area contributed by atoms with Gasteiger partial charge in [0.25, 0.3) is 0 Å². The van der Waals surface area contributed by atoms with Gasteiger partial charge in [-0.2, -0.15) is 0 Å². The lowest BCUT2D eigenvalue weighted by Crippen LogP contribution is -2.29. The molecule has 0 fully saturated rings. The Kier molecular flexibility index (Phi) is 12.0. The maximum absolute atomic E-state index is 15.6. The molecule has 47 heavy (non-hydrogen) atoms. The topological polar surface area (TPSA) is 127 Å². The SMILES string of the molecule is CCOC(=O)[C@@H](C)CC(=O)c1cc2c(F)c(OCCCOc3cc4c(cc3OC)CN(C(=O)C[C@H](C)C(=O)OC)C4)c(OC)cc2s1. The summed E-state index contributed by atoms with van der Waals surface area (Å²) in [6.07, 6.45) is 0.410. The highest BCUT2D eigenvalue weighted by atomic mass is 32.1. The van der Waals surface area contributed by atoms with Gasteiger partial charge in [-0.15, -0.1) is 11.3 Å². The number of carbonyl (C=O) groups is 4. The summed E-state index contributed by atoms with van der Waals surface area (Å²) in [7, 11) is 4.24. The molecule has 0 saturated heterocycles. The van der Waals surface area contributed by atoms with Gasteiger partial charge in [0.15, 0.2) is 34.6 Å². The number of methoxy groups -OCH3 is 3. The molecule has 4 rings (SSSR count). The number of amides is 1. The molecular formula is C34H40FNO10S. The highest BCUT2D eigenvalue weighted by Gasteiger charge is 2.28. The Hall–Kier alpha value is -4.39. The van der Waals surface area contributed by atoms with E-state index in [1.165, 1.54) is 27.4 Å². The number of esters is 2. The fraction of sp³-hybridized carbons (Fsp3) is 0.471. The molecule has 13 heteroatoms. The molecule has 1 amide bonds. The van der Waals surface area contributed by atoms with Crippen LogP contribution in [0.3, 0.4) is 0 Å². The molecule has 0 unspecified atom stereocenters. The van der Waals surface area contributed by atoms with Gasteiger partial charge in [0.2, 0.25) is 5.91 Å². The van der Waals surface area contributed by atoms with Crippen molar-refractivity contribution < 1.29 is 52.0 Å². The van der Waals surface area contributed by atoms with E-state index in [0.717, 1.165) is 22.5 Å². The molecule has 0 aliphatic carbocycles. The van der Waals surface area contributed by atoms with E-state index < -0.39 is 29.6 Å². The minimum absolute atomic E-state index is 0.0462. The van der Waals surface area contributed by atoms with Crippen molar-refractivity contribution in [2.45, 2.75) is 53.1 Å². The number of hydrogen-bond donors (Lipinski definition) is 0. The van der Waals surface area contributed by atoms with Crippen LogP contribution in [0.15, 0.2) is 24.3 Å². The molecule has 0 radical (unpaired) electrons. The molecule has 2 aromatic carbocycles. The van der Waals surface area contributed by atoms with Gasteiger partial charge in [-0.05, 0) is 36.2 Å². The Morgan fingerprint density at radius 1 is 0.851 bits per heavy atom. The van der Waals surface area contributed by atoms with E-state index in [2.05, 4.69) is 0 Å². The van der Waals surface area contributed by atoms with Crippen LogP contribution in [0, 0.1) is 17.7 Å². The summed E-state index contributed by atoms with van der Waals surface area (Å²) in [4.78, 5) is 51.3. The molecule has 1 aromatic heterocycles. The number of thiophene rings is 1. The van der Waals surface area contributed by atoms with E-state index >= 15 is 4.39 Å². The third-order valence-electron chi connectivity index (χ3n) is 7.80. The maximum Gasteiger partial charge on any atom is 0.309 e. The van der Waals surface area contributed by atoms with E-state index in [1.807, 2.05) is 12.1 Å². The highest BCUT2D eigenvalue weighted by Crippen LogP contribution is 2.41. The van der Waals surface area contributed by atoms with Crippen molar-refractivity contribution >= 4 is 45.1 Å². The quantitative estimate of drug-likeness (QED) is 0.106. The van der Waals surface area contributed by atoms with Crippen LogP contribution in [0.2, 0.25) is 0 Å². The van der Waals surface area contributed by atoms with Crippen LogP contribution in [0.5, 0.6) is 23.0 Å². The Balaban J connectivity index is 1.36. The minimum atomic E-state index is -0.644. The van der Waals surface area contributed by atoms with Crippen molar-refractivity contribution in [1.29, 1.82) is 0 Å². The molecule has 0 spiro atoms. The largest absolute Gasteiger partial charge is 0.493 e. The lowest BCUT2D eigenvalue weighted by atomic mass is 10.0. The van der Waals surface area contributed by atoms with Crippen molar-refractivity contribution in [3.63, 3.8) is 0 Å². The second-order valence-corrected chi connectivity index (χ2v) is 12.3. The average molecular weight is 674 g/mol. The molecule has 2 atom stereocenters. The van der Waals surface area contributed by atoms with E-state index in [1.54, 1.807) is 31.7 Å². The van der Waals surface area contributed by atoms with Crippen LogP contribution in [0.4, 0.5) is 4.39 Å². The summed E-state index contributed by atoms with van der Waals surface area (Å²) in [6, 6.07) is 6.77. The Labute approximate surface area is 276 Å². The summed E-state index contributed by atoms with van der Waals surface area (Å²) in [5, 5.41) is 0.226. The highest BCUT2D eigenvalue weighted by molar-refractivity contribution is 7.20. The summed E-state index contributed by atoms with van der Waals surface area (Å²) in [5.74, 6) is -1.96. The standard InChI is InChI=1S/C34H40FNO10S/c1-7-44-34(40)19(2)11-24(37)29-15-23-28(47-29)16-27(42-5)32(31(23)35)46-10-8-9-45-26-14-22-18-36(17-21(22)13-25(26)41-4)30(38)12-20(3)33(39)43-6/h13-16,19-20H,7-12,17-18H2,1-6H3/t19-,20-/m0/s1. The van der Waals surface area contributed by atoms with Crippen molar-refractivity contribution in [1.82, 2.24) is 4.90 Å². The third-order valence-corrected chi connectivity index (χ3v) is 8.92. The predicted molar refractivity (Wildman–Crippen MR) is 172 cm³/mol. The summed E-state index contributed by atoms with van der Waals surface area (Å²) in [5.41, 5.74) is 1.85. The fourth-order valence-corrected chi connectivity index (χ4v) is 6.25. The minimum Gasteiger partial charge on any atom is -0.493 e. The normalized spacial score (nSPS) is 13.5. The first kappa shape index (κ1) is 35.5. The van der Waals surface area contributed by atoms with E-state index in [0.29, 0.717) is 40.6 Å². The van der Waals surface area contributed by atoms with Gasteiger partial charge in [0.1, 0.15) is 0 Å². The van der Waals surface area contributed by atoms with Crippen LogP contribution in [-0.2, 0) is 36.9 Å². The molecule has 11 nitrogen and oxygen atoms in total. The van der Waals surface area contributed by atoms with Crippen LogP contribution in [0.25, 0.3) is 10.1 Å². The number of hydrogen-bond acceptors (Lipinski definition) is 11. The van der Waals surface area contributed by atoms with E-state index in [9.17, 15) is 19.2 Å². The molecule has 1 aliphatic rings. The number of nitrogens with zero attached hydrogens (tertiary/aromatic N) is 1. The van der Waals surface area contributed by atoms with Gasteiger partial charge >= 0.3 is 11.9 Å². The van der Waals surface area contributed by atoms with Crippen molar-refractivity contribution in [2.75, 3.05) is 41.2 Å². The number of fused-ring (bicyclic) bond motifs is 2. The van der Waals surface area contributed by atoms with E-state index in [4.69, 9.17) is 28.4 Å². The van der Waals surface area contributed by atoms with E-state index in [-0.39, 0.29) is 61.2 Å². The first-order chi connectivity index (χ1) is 22.5. The smallest absolute Gasteiger partial charge is 0.309 e. The number of ketones is 1. The van der Waals surface area contributed by atoms with Gasteiger partial charge in [-0.3, -0.25) is 19.2 Å². The lowest BCUT2D eigenvalue weighted by Gasteiger charge is -2.17. The molecule has 0 N–H and O–H groups in total. The molecule has 3 aromatic rings. The number of rotatable bonds is 16. The summed E-state index contributed by atoms with van der Waals surface area (Å²) >= 11 is 1.12. The first-order valence-electron chi connectivity index (χ1n) is 15.3. The maximum atomic E-state index is 15.6. The first-order valence-corrected chi connectivity index (χ1v) is 16.1. The predicted octanol–water partition coefficient (Wildman–Crippen LogP) is 5.72. The summed E-state index contributed by atoms with van der Waals surface area (Å²) < 4.78 is 48.5. The monoisotopic (exact) mass is 673 g/mol. The van der Waals surface area contributed by atoms with Crippen molar-refractivity contribution in [2.24, 2.45) is 11.8 Å². The number of carbonyl (C=O) groups excluding carboxylic acids is 4. The zero-order valence-electron chi connectivity index (χ0n) is 27.4. The van der Waals surface area contributed by atoms with Gasteiger partial charge in [-0.1, -0.05) is 13.8 Å². The van der Waals surface area contributed by atoms with Gasteiger partial charge < -0.3 is 33.3 Å². The van der Waals surface area contributed by atoms with Gasteiger partial charge in [0, 0.05) is 48.5 Å². The van der Waals surface area contributed by atoms with Crippen LogP contribution < -0.4 is 18.9 Å². The summed E-state index contributed by atoms with van der Waals surface area (Å²) in [6.45, 7) is 6.33. The second kappa shape index (κ2) is 15.9. The van der Waals surface area contributed by atoms with Crippen LogP contribution in [0.1, 0.15) is 60.8 Å². The van der Waals surface area contributed by atoms with Crippen LogP contribution >= 0.6 is 11.3 Å². The van der Waals surface area contributed by atoms with Gasteiger partial charge in [0.05, 0.1) is 57.9 Å². The molecule has 0 saturated carbocycles. The van der Waals surface area contributed by atoms with Crippen molar-refractivity contribution in [3.05, 3.63) is 46.1 Å². The molecule has 254 valence electrons. The Morgan fingerprint density at radius 2 is 1.49 bits per heavy atom. The number of benzene rings is 2. The Morgan fingerprint density at radius 3 is 2.13 bits per heavy atom. The molecule has 1 aliphatic heterocycles. The number of halogens is 1. The fourth-order valence-electron chi connectivity index (χ4n) is 5.21. The zero-order valence-corrected chi connectivity index (χ0v) is 28.3. The number of Topliss-reactive ketones (excluding diaryl/α,β-unsaturated/α-hetero) is 1. The molecular weight excluding hydrogens is 633 g/mol. The van der Waals surface area contributed by atoms with Crippen LogP contribution in [-0.4, -0.2) is 69.7 Å². The van der Waals surface area contributed by atoms with Crippen molar-refractivity contribution in [3.8, 4) is 23.0 Å². The average Bonchev–Trinajstić information content (AvgIpc) is 3.69. The second-order valence-electron chi connectivity index (χ2n) is 11.2. The molecule has 2 heterocycles. The third kappa shape index (κ3) is 8.31. The zero-order chi connectivity index (χ0) is 34.2. The lowest BCUT2D eigenvalue weighted by molar-refractivity contribution is -0.148. The van der Waals surface area contributed by atoms with Gasteiger partial charge in [-0.25, -0.2) is 4.39 Å². The number of ether oxygens (including phenoxy) is 6. The molecule has 0 bridgehead atoms. The Bertz CT molecular complexity index is 1640.